The van der Waals surface area contributed by atoms with Crippen molar-refractivity contribution < 1.29 is 4.39 Å². The number of benzene rings is 3. The third-order valence-corrected chi connectivity index (χ3v) is 5.14. The van der Waals surface area contributed by atoms with E-state index in [1.165, 1.54) is 12.1 Å². The largest absolute Gasteiger partial charge is 0.341 e. The molecule has 0 saturated carbocycles. The zero-order chi connectivity index (χ0) is 21.2. The molecule has 0 aliphatic carbocycles. The zero-order valence-electron chi connectivity index (χ0n) is 16.5. The molecule has 0 bridgehead atoms. The first-order valence-electron chi connectivity index (χ1n) is 9.88. The quantitative estimate of drug-likeness (QED) is 0.401. The van der Waals surface area contributed by atoms with Gasteiger partial charge < -0.3 is 5.32 Å². The van der Waals surface area contributed by atoms with Gasteiger partial charge in [0.15, 0.2) is 5.43 Å². The van der Waals surface area contributed by atoms with Gasteiger partial charge in [-0.15, -0.1) is 0 Å². The molecule has 0 radical (unpaired) electrons. The molecule has 5 aromatic rings. The molecular formula is C26H18FN3O. The number of anilines is 2. The molecule has 0 fully saturated rings. The zero-order valence-corrected chi connectivity index (χ0v) is 16.5. The summed E-state index contributed by atoms with van der Waals surface area (Å²) < 4.78 is 15.4. The van der Waals surface area contributed by atoms with Gasteiger partial charge in [-0.2, -0.15) is 0 Å². The minimum atomic E-state index is -0.326. The summed E-state index contributed by atoms with van der Waals surface area (Å²) in [5, 5.41) is 3.89. The van der Waals surface area contributed by atoms with Gasteiger partial charge in [0.25, 0.3) is 0 Å². The number of rotatable bonds is 4. The Balaban J connectivity index is 1.81. The van der Waals surface area contributed by atoms with Gasteiger partial charge in [-0.3, -0.25) is 14.3 Å². The molecule has 2 heterocycles. The molecule has 31 heavy (non-hydrogen) atoms. The number of aromatic nitrogens is 2. The molecule has 0 amide bonds. The van der Waals surface area contributed by atoms with Gasteiger partial charge in [-0.1, -0.05) is 48.5 Å². The van der Waals surface area contributed by atoms with E-state index in [0.717, 1.165) is 16.9 Å². The third-order valence-electron chi connectivity index (χ3n) is 5.14. The van der Waals surface area contributed by atoms with Crippen LogP contribution in [-0.4, -0.2) is 9.55 Å². The molecular weight excluding hydrogens is 389 g/mol. The number of nitrogens with zero attached hydrogens (tertiary/aromatic N) is 2. The highest BCUT2D eigenvalue weighted by molar-refractivity contribution is 5.96. The molecule has 5 heteroatoms. The van der Waals surface area contributed by atoms with E-state index < -0.39 is 0 Å². The maximum atomic E-state index is 13.5. The molecule has 2 aromatic heterocycles. The maximum Gasteiger partial charge on any atom is 0.192 e. The fourth-order valence-corrected chi connectivity index (χ4v) is 3.73. The van der Waals surface area contributed by atoms with Crippen LogP contribution in [0.15, 0.2) is 108 Å². The Bertz CT molecular complexity index is 1410. The lowest BCUT2D eigenvalue weighted by Crippen LogP contribution is -2.13. The number of nitrogens with one attached hydrogen (secondary N) is 1. The normalized spacial score (nSPS) is 10.9. The Morgan fingerprint density at radius 1 is 0.806 bits per heavy atom. The number of pyridine rings is 2. The Morgan fingerprint density at radius 2 is 1.48 bits per heavy atom. The van der Waals surface area contributed by atoms with Crippen molar-refractivity contribution in [2.75, 3.05) is 5.32 Å². The number of hydrogen-bond acceptors (Lipinski definition) is 3. The second-order valence-corrected chi connectivity index (χ2v) is 7.14. The van der Waals surface area contributed by atoms with Crippen molar-refractivity contribution in [3.8, 4) is 16.8 Å². The minimum Gasteiger partial charge on any atom is -0.341 e. The van der Waals surface area contributed by atoms with Crippen LogP contribution in [0.1, 0.15) is 0 Å². The lowest BCUT2D eigenvalue weighted by Gasteiger charge is -2.19. The molecule has 0 saturated heterocycles. The van der Waals surface area contributed by atoms with Gasteiger partial charge >= 0.3 is 0 Å². The van der Waals surface area contributed by atoms with Crippen LogP contribution in [-0.2, 0) is 0 Å². The average molecular weight is 407 g/mol. The van der Waals surface area contributed by atoms with E-state index >= 15 is 0 Å². The second kappa shape index (κ2) is 7.88. The lowest BCUT2D eigenvalue weighted by atomic mass is 10.0. The van der Waals surface area contributed by atoms with Crippen LogP contribution >= 0.6 is 0 Å². The van der Waals surface area contributed by atoms with Crippen molar-refractivity contribution in [3.05, 3.63) is 119 Å². The summed E-state index contributed by atoms with van der Waals surface area (Å²) in [5.41, 5.74) is 3.69. The summed E-state index contributed by atoms with van der Waals surface area (Å²) in [6.45, 7) is 0. The van der Waals surface area contributed by atoms with Crippen molar-refractivity contribution in [2.45, 2.75) is 0 Å². The number of fused-ring (bicyclic) bond motifs is 1. The van der Waals surface area contributed by atoms with Crippen LogP contribution in [0.25, 0.3) is 27.7 Å². The molecule has 0 aliphatic rings. The Kier molecular flexibility index (Phi) is 4.77. The van der Waals surface area contributed by atoms with Crippen molar-refractivity contribution in [3.63, 3.8) is 0 Å². The Hall–Kier alpha value is -4.25. The van der Waals surface area contributed by atoms with E-state index in [1.54, 1.807) is 30.6 Å². The molecule has 0 spiro atoms. The molecule has 3 aromatic carbocycles. The average Bonchev–Trinajstić information content (AvgIpc) is 2.81. The summed E-state index contributed by atoms with van der Waals surface area (Å²) in [5.74, 6) is 0.306. The van der Waals surface area contributed by atoms with Crippen LogP contribution in [0.3, 0.4) is 0 Å². The first-order valence-corrected chi connectivity index (χ1v) is 9.88. The van der Waals surface area contributed by atoms with Crippen molar-refractivity contribution in [2.24, 2.45) is 0 Å². The van der Waals surface area contributed by atoms with Gasteiger partial charge in [0.2, 0.25) is 0 Å². The van der Waals surface area contributed by atoms with Crippen LogP contribution in [0.2, 0.25) is 0 Å². The van der Waals surface area contributed by atoms with Crippen LogP contribution in [0.5, 0.6) is 0 Å². The van der Waals surface area contributed by atoms with E-state index in [4.69, 9.17) is 0 Å². The highest BCUT2D eigenvalue weighted by Crippen LogP contribution is 2.30. The van der Waals surface area contributed by atoms with Crippen LogP contribution in [0.4, 0.5) is 15.9 Å². The molecule has 150 valence electrons. The maximum absolute atomic E-state index is 13.5. The van der Waals surface area contributed by atoms with Gasteiger partial charge in [-0.05, 0) is 42.0 Å². The number of hydrogen-bond donors (Lipinski definition) is 1. The monoisotopic (exact) mass is 407 g/mol. The summed E-state index contributed by atoms with van der Waals surface area (Å²) in [7, 11) is 0. The number of halogens is 1. The first kappa shape index (κ1) is 18.8. The second-order valence-electron chi connectivity index (χ2n) is 7.14. The summed E-state index contributed by atoms with van der Waals surface area (Å²) in [6.07, 6.45) is 3.34. The molecule has 4 nitrogen and oxygen atoms in total. The molecule has 0 aliphatic heterocycles. The van der Waals surface area contributed by atoms with E-state index in [0.29, 0.717) is 22.3 Å². The lowest BCUT2D eigenvalue weighted by molar-refractivity contribution is 0.628. The fraction of sp³-hybridized carbons (Fsp3) is 0. The summed E-state index contributed by atoms with van der Waals surface area (Å²) in [6, 6.07) is 27.2. The van der Waals surface area contributed by atoms with Crippen molar-refractivity contribution in [1.29, 1.82) is 0 Å². The minimum absolute atomic E-state index is 0.137. The van der Waals surface area contributed by atoms with Gasteiger partial charge in [-0.25, -0.2) is 4.39 Å². The SMILES string of the molecule is O=c1cc(Nc2ccccc2)n(-c2ccccc2)c2cncc(-c3ccc(F)cc3)c12. The summed E-state index contributed by atoms with van der Waals surface area (Å²) >= 11 is 0. The Labute approximate surface area is 178 Å². The van der Waals surface area contributed by atoms with Gasteiger partial charge in [0.1, 0.15) is 11.6 Å². The van der Waals surface area contributed by atoms with Gasteiger partial charge in [0.05, 0.1) is 17.1 Å². The van der Waals surface area contributed by atoms with Crippen LogP contribution < -0.4 is 10.7 Å². The predicted molar refractivity (Wildman–Crippen MR) is 122 cm³/mol. The molecule has 0 unspecified atom stereocenters. The highest BCUT2D eigenvalue weighted by Gasteiger charge is 2.15. The predicted octanol–water partition coefficient (Wildman–Crippen LogP) is 5.94. The molecule has 5 rings (SSSR count). The number of para-hydroxylation sites is 2. The van der Waals surface area contributed by atoms with E-state index in [-0.39, 0.29) is 11.2 Å². The van der Waals surface area contributed by atoms with E-state index in [9.17, 15) is 9.18 Å². The molecule has 1 N–H and O–H groups in total. The van der Waals surface area contributed by atoms with Gasteiger partial charge in [0, 0.05) is 29.2 Å². The topological polar surface area (TPSA) is 46.9 Å². The fourth-order valence-electron chi connectivity index (χ4n) is 3.73. The first-order chi connectivity index (χ1) is 15.2. The van der Waals surface area contributed by atoms with Crippen LogP contribution in [0, 0.1) is 5.82 Å². The van der Waals surface area contributed by atoms with E-state index in [2.05, 4.69) is 10.3 Å². The standard InChI is InChI=1S/C26H18FN3O/c27-19-13-11-18(12-14-19)22-16-28-17-23-26(22)24(31)15-25(29-20-7-3-1-4-8-20)30(23)21-9-5-2-6-10-21/h1-17,29H. The smallest absolute Gasteiger partial charge is 0.192 e. The Morgan fingerprint density at radius 3 is 2.19 bits per heavy atom. The third kappa shape index (κ3) is 3.57. The van der Waals surface area contributed by atoms with Crippen molar-refractivity contribution >= 4 is 22.4 Å². The molecule has 0 atom stereocenters. The van der Waals surface area contributed by atoms with E-state index in [1.807, 2.05) is 65.2 Å². The van der Waals surface area contributed by atoms with Crippen molar-refractivity contribution in [1.82, 2.24) is 9.55 Å². The summed E-state index contributed by atoms with van der Waals surface area (Å²) in [4.78, 5) is 17.7. The highest BCUT2D eigenvalue weighted by atomic mass is 19.1.